The van der Waals surface area contributed by atoms with E-state index in [1.165, 1.54) is 12.1 Å². The van der Waals surface area contributed by atoms with E-state index < -0.39 is 0 Å². The number of likely N-dealkylation sites (tertiary alicyclic amines) is 1. The third kappa shape index (κ3) is 5.08. The van der Waals surface area contributed by atoms with Crippen molar-refractivity contribution >= 4 is 11.7 Å². The Morgan fingerprint density at radius 3 is 2.76 bits per heavy atom. The Bertz CT molecular complexity index is 565. The number of rotatable bonds is 5. The summed E-state index contributed by atoms with van der Waals surface area (Å²) in [7, 11) is 0. The third-order valence-electron chi connectivity index (χ3n) is 5.32. The van der Waals surface area contributed by atoms with Crippen molar-refractivity contribution in [1.29, 1.82) is 0 Å². The Morgan fingerprint density at radius 2 is 2.00 bits per heavy atom. The first kappa shape index (κ1) is 18.0. The van der Waals surface area contributed by atoms with E-state index in [0.717, 1.165) is 57.7 Å². The maximum atomic E-state index is 13.0. The molecule has 2 N–H and O–H groups in total. The molecule has 0 bridgehead atoms. The van der Waals surface area contributed by atoms with Gasteiger partial charge in [0, 0.05) is 37.9 Å². The van der Waals surface area contributed by atoms with Crippen molar-refractivity contribution < 1.29 is 9.18 Å². The van der Waals surface area contributed by atoms with Gasteiger partial charge in [-0.3, -0.25) is 0 Å². The fraction of sp³-hybridized carbons (Fsp3) is 0.632. The van der Waals surface area contributed by atoms with Crippen LogP contribution in [0, 0.1) is 11.7 Å². The molecule has 6 heteroatoms. The van der Waals surface area contributed by atoms with E-state index in [2.05, 4.69) is 27.4 Å². The van der Waals surface area contributed by atoms with E-state index in [1.54, 1.807) is 0 Å². The van der Waals surface area contributed by atoms with Gasteiger partial charge in [0.25, 0.3) is 0 Å². The lowest BCUT2D eigenvalue weighted by molar-refractivity contribution is 0.192. The second-order valence-corrected chi connectivity index (χ2v) is 7.16. The maximum Gasteiger partial charge on any atom is 0.315 e. The molecule has 1 aromatic rings. The van der Waals surface area contributed by atoms with Gasteiger partial charge < -0.3 is 20.4 Å². The number of amides is 2. The molecule has 0 aliphatic carbocycles. The highest BCUT2D eigenvalue weighted by Crippen LogP contribution is 2.23. The van der Waals surface area contributed by atoms with Crippen LogP contribution in [0.15, 0.2) is 24.3 Å². The number of halogens is 1. The number of carbonyl (C=O) groups excluding carboxylic acids is 1. The molecule has 2 aliphatic heterocycles. The summed E-state index contributed by atoms with van der Waals surface area (Å²) in [6, 6.07) is 6.84. The van der Waals surface area contributed by atoms with Crippen molar-refractivity contribution in [2.24, 2.45) is 5.92 Å². The number of urea groups is 1. The monoisotopic (exact) mass is 348 g/mol. The minimum absolute atomic E-state index is 0.0526. The van der Waals surface area contributed by atoms with Crippen LogP contribution in [0.2, 0.25) is 0 Å². The van der Waals surface area contributed by atoms with Gasteiger partial charge in [0.1, 0.15) is 5.82 Å². The maximum absolute atomic E-state index is 13.0. The van der Waals surface area contributed by atoms with E-state index in [1.807, 2.05) is 12.1 Å². The van der Waals surface area contributed by atoms with Crippen molar-refractivity contribution in [3.63, 3.8) is 0 Å². The first-order chi connectivity index (χ1) is 12.1. The molecule has 2 aliphatic rings. The van der Waals surface area contributed by atoms with Crippen LogP contribution in [0.5, 0.6) is 0 Å². The second kappa shape index (κ2) is 8.52. The molecule has 2 saturated heterocycles. The Kier molecular flexibility index (Phi) is 6.13. The molecule has 0 aromatic heterocycles. The highest BCUT2D eigenvalue weighted by Gasteiger charge is 2.24. The van der Waals surface area contributed by atoms with Crippen LogP contribution >= 0.6 is 0 Å². The summed E-state index contributed by atoms with van der Waals surface area (Å²) >= 11 is 0. The van der Waals surface area contributed by atoms with Gasteiger partial charge in [-0.15, -0.1) is 0 Å². The summed E-state index contributed by atoms with van der Waals surface area (Å²) in [6.07, 6.45) is 3.25. The highest BCUT2D eigenvalue weighted by atomic mass is 19.1. The molecule has 0 unspecified atom stereocenters. The van der Waals surface area contributed by atoms with Crippen LogP contribution in [0.25, 0.3) is 0 Å². The van der Waals surface area contributed by atoms with E-state index in [4.69, 9.17) is 0 Å². The molecule has 0 spiro atoms. The van der Waals surface area contributed by atoms with Gasteiger partial charge in [-0.1, -0.05) is 6.92 Å². The topological polar surface area (TPSA) is 47.6 Å². The van der Waals surface area contributed by atoms with Gasteiger partial charge in [0.05, 0.1) is 0 Å². The zero-order chi connectivity index (χ0) is 17.6. The molecule has 3 rings (SSSR count). The Balaban J connectivity index is 1.39. The number of hydrogen-bond acceptors (Lipinski definition) is 3. The molecular weight excluding hydrogens is 319 g/mol. The van der Waals surface area contributed by atoms with Gasteiger partial charge >= 0.3 is 6.03 Å². The molecule has 138 valence electrons. The van der Waals surface area contributed by atoms with Gasteiger partial charge in [0.15, 0.2) is 0 Å². The number of carbonyl (C=O) groups is 1. The number of nitrogens with one attached hydrogen (secondary N) is 2. The SMILES string of the molecule is CCN1CCC[C@@H](NC(=O)NC[C@@H]2CCN(c3ccc(F)cc3)C2)C1. The van der Waals surface area contributed by atoms with Crippen molar-refractivity contribution in [3.8, 4) is 0 Å². The molecule has 5 nitrogen and oxygen atoms in total. The van der Waals surface area contributed by atoms with Gasteiger partial charge in [-0.2, -0.15) is 0 Å². The molecule has 2 amide bonds. The van der Waals surface area contributed by atoms with Crippen molar-refractivity contribution in [2.75, 3.05) is 44.2 Å². The van der Waals surface area contributed by atoms with Crippen LogP contribution in [0.1, 0.15) is 26.2 Å². The smallest absolute Gasteiger partial charge is 0.315 e. The lowest BCUT2D eigenvalue weighted by atomic mass is 10.1. The minimum atomic E-state index is -0.206. The molecule has 2 heterocycles. The molecule has 2 fully saturated rings. The van der Waals surface area contributed by atoms with Crippen molar-refractivity contribution in [3.05, 3.63) is 30.1 Å². The predicted octanol–water partition coefficient (Wildman–Crippen LogP) is 2.44. The van der Waals surface area contributed by atoms with Crippen LogP contribution < -0.4 is 15.5 Å². The number of nitrogens with zero attached hydrogens (tertiary/aromatic N) is 2. The summed E-state index contributed by atoms with van der Waals surface area (Å²) in [6.45, 7) is 7.83. The van der Waals surface area contributed by atoms with Crippen LogP contribution in [0.4, 0.5) is 14.9 Å². The number of anilines is 1. The van der Waals surface area contributed by atoms with Gasteiger partial charge in [-0.05, 0) is 62.5 Å². The van der Waals surface area contributed by atoms with Gasteiger partial charge in [-0.25, -0.2) is 9.18 Å². The van der Waals surface area contributed by atoms with E-state index >= 15 is 0 Å². The van der Waals surface area contributed by atoms with Crippen molar-refractivity contribution in [2.45, 2.75) is 32.2 Å². The fourth-order valence-electron chi connectivity index (χ4n) is 3.82. The summed E-state index contributed by atoms with van der Waals surface area (Å²) in [5.74, 6) is 0.233. The quantitative estimate of drug-likeness (QED) is 0.859. The standard InChI is InChI=1S/C19H29FN4O/c1-2-23-10-3-4-17(14-23)22-19(25)21-12-15-9-11-24(13-15)18-7-5-16(20)6-8-18/h5-8,15,17H,2-4,9-14H2,1H3,(H2,21,22,25)/t15-,17+/m0/s1. The minimum Gasteiger partial charge on any atom is -0.371 e. The summed E-state index contributed by atoms with van der Waals surface area (Å²) in [5, 5.41) is 6.14. The van der Waals surface area contributed by atoms with E-state index in [0.29, 0.717) is 12.5 Å². The molecule has 0 radical (unpaired) electrons. The van der Waals surface area contributed by atoms with Crippen LogP contribution in [-0.4, -0.2) is 56.2 Å². The number of likely N-dealkylation sites (N-methyl/N-ethyl adjacent to an activating group) is 1. The zero-order valence-electron chi connectivity index (χ0n) is 15.0. The second-order valence-electron chi connectivity index (χ2n) is 7.16. The fourth-order valence-corrected chi connectivity index (χ4v) is 3.82. The van der Waals surface area contributed by atoms with E-state index in [-0.39, 0.29) is 17.9 Å². The number of benzene rings is 1. The molecule has 0 saturated carbocycles. The summed E-state index contributed by atoms with van der Waals surface area (Å²) in [4.78, 5) is 16.8. The first-order valence-electron chi connectivity index (χ1n) is 9.41. The molecule has 1 aromatic carbocycles. The first-order valence-corrected chi connectivity index (χ1v) is 9.41. The highest BCUT2D eigenvalue weighted by molar-refractivity contribution is 5.74. The van der Waals surface area contributed by atoms with E-state index in [9.17, 15) is 9.18 Å². The zero-order valence-corrected chi connectivity index (χ0v) is 15.0. The Labute approximate surface area is 149 Å². The van der Waals surface area contributed by atoms with Gasteiger partial charge in [0.2, 0.25) is 0 Å². The predicted molar refractivity (Wildman–Crippen MR) is 98.4 cm³/mol. The molecule has 25 heavy (non-hydrogen) atoms. The molecular formula is C19H29FN4O. The number of hydrogen-bond donors (Lipinski definition) is 2. The lowest BCUT2D eigenvalue weighted by Gasteiger charge is -2.32. The van der Waals surface area contributed by atoms with Crippen molar-refractivity contribution in [1.82, 2.24) is 15.5 Å². The number of piperidine rings is 1. The Morgan fingerprint density at radius 1 is 1.20 bits per heavy atom. The van der Waals surface area contributed by atoms with Crippen LogP contribution in [0.3, 0.4) is 0 Å². The third-order valence-corrected chi connectivity index (χ3v) is 5.32. The summed E-state index contributed by atoms with van der Waals surface area (Å²) in [5.41, 5.74) is 1.05. The summed E-state index contributed by atoms with van der Waals surface area (Å²) < 4.78 is 13.0. The normalized spacial score (nSPS) is 24.3. The largest absolute Gasteiger partial charge is 0.371 e. The molecule has 2 atom stereocenters. The Hall–Kier alpha value is -1.82. The lowest BCUT2D eigenvalue weighted by Crippen LogP contribution is -2.51. The average molecular weight is 348 g/mol. The van der Waals surface area contributed by atoms with Crippen LogP contribution in [-0.2, 0) is 0 Å². The average Bonchev–Trinajstić information content (AvgIpc) is 3.10.